The average molecular weight is 1430 g/mol. The lowest BCUT2D eigenvalue weighted by atomic mass is 10.0. The second-order valence-corrected chi connectivity index (χ2v) is 30.1. The minimum absolute atomic E-state index is 0.0535. The van der Waals surface area contributed by atoms with Crippen molar-refractivity contribution in [2.75, 3.05) is 26.4 Å². The van der Waals surface area contributed by atoms with Crippen LogP contribution >= 0.6 is 7.82 Å². The van der Waals surface area contributed by atoms with Crippen molar-refractivity contribution in [3.05, 3.63) is 122 Å². The Hall–Kier alpha value is -3.59. The monoisotopic (exact) mass is 1430 g/mol. The van der Waals surface area contributed by atoms with Gasteiger partial charge in [0.25, 0.3) is 0 Å². The Bertz CT molecular complexity index is 2080. The molecule has 0 radical (unpaired) electrons. The molecule has 0 aliphatic carbocycles. The lowest BCUT2D eigenvalue weighted by molar-refractivity contribution is -0.161. The van der Waals surface area contributed by atoms with Crippen LogP contribution in [0.2, 0.25) is 0 Å². The zero-order valence-corrected chi connectivity index (χ0v) is 67.0. The summed E-state index contributed by atoms with van der Waals surface area (Å²) in [6.07, 6.45) is 121. The molecule has 0 aliphatic rings. The summed E-state index contributed by atoms with van der Waals surface area (Å²) in [6, 6.07) is 0. The predicted molar refractivity (Wildman–Crippen MR) is 441 cm³/mol. The first-order valence-electron chi connectivity index (χ1n) is 43.0. The SMILES string of the molecule is CC/C=C\C/C=C\C/C=C\C/C=C\C/C=C\CCCCCCCCCCCCCCCCCCCCCCCCCCCC(=O)OC(COC(=O)CCCCCCCCCCCCCCCCCCCCCCCCC/C=C\C/C=C\C/C=C\C/C=C\C/C=C\CC)COP(=O)(O)OCCN. The molecular formula is C91H162NO8P. The predicted octanol–water partition coefficient (Wildman–Crippen LogP) is 29.3. The summed E-state index contributed by atoms with van der Waals surface area (Å²) in [5.74, 6) is -0.807. The van der Waals surface area contributed by atoms with E-state index in [0.29, 0.717) is 6.42 Å². The molecule has 9 nitrogen and oxygen atoms in total. The zero-order valence-electron chi connectivity index (χ0n) is 66.1. The van der Waals surface area contributed by atoms with Gasteiger partial charge >= 0.3 is 19.8 Å². The molecule has 584 valence electrons. The Labute approximate surface area is 625 Å². The van der Waals surface area contributed by atoms with Crippen molar-refractivity contribution < 1.29 is 37.6 Å². The van der Waals surface area contributed by atoms with Crippen LogP contribution in [0.1, 0.15) is 412 Å². The molecule has 0 aromatic heterocycles. The maximum Gasteiger partial charge on any atom is 0.472 e. The molecule has 0 spiro atoms. The Kier molecular flexibility index (Phi) is 82.3. The van der Waals surface area contributed by atoms with Crippen molar-refractivity contribution >= 4 is 19.8 Å². The normalized spacial score (nSPS) is 13.4. The van der Waals surface area contributed by atoms with Crippen LogP contribution in [0.15, 0.2) is 122 Å². The van der Waals surface area contributed by atoms with E-state index >= 15 is 0 Å². The molecule has 0 saturated carbocycles. The van der Waals surface area contributed by atoms with E-state index in [4.69, 9.17) is 24.3 Å². The van der Waals surface area contributed by atoms with Gasteiger partial charge in [-0.2, -0.15) is 0 Å². The second kappa shape index (κ2) is 85.3. The Morgan fingerprint density at radius 1 is 0.297 bits per heavy atom. The number of phosphoric acid groups is 1. The van der Waals surface area contributed by atoms with Crippen molar-refractivity contribution in [2.45, 2.75) is 418 Å². The highest BCUT2D eigenvalue weighted by Gasteiger charge is 2.26. The summed E-state index contributed by atoms with van der Waals surface area (Å²) in [5.41, 5.74) is 5.42. The standard InChI is InChI=1S/C91H162NO8P/c1-3-5-7-9-11-13-15-17-19-21-23-25-27-29-31-33-35-37-39-41-43-44-46-48-50-52-54-56-58-60-62-64-66-68-70-72-74-76-78-80-82-84-91(94)100-89(88-99-101(95,96)98-86-85-92)87-97-90(93)83-81-79-77-75-73-71-69-67-65-63-61-59-57-55-53-51-49-47-45-42-40-38-36-34-32-30-28-26-24-22-20-18-16-14-12-10-8-6-4-2/h5-8,11-14,17-20,23-26,29-32,89H,3-4,9-10,15-16,21-22,27-28,33-88,92H2,1-2H3,(H,95,96)/b7-5-,8-6-,13-11-,14-12-,19-17-,20-18-,25-23-,26-24-,31-29-,32-30-. The largest absolute Gasteiger partial charge is 0.472 e. The first-order chi connectivity index (χ1) is 49.8. The summed E-state index contributed by atoms with van der Waals surface area (Å²) < 4.78 is 33.3. The molecule has 0 rings (SSSR count). The summed E-state index contributed by atoms with van der Waals surface area (Å²) in [6.45, 7) is 3.58. The third-order valence-corrected chi connectivity index (χ3v) is 19.8. The van der Waals surface area contributed by atoms with Crippen LogP contribution < -0.4 is 5.73 Å². The van der Waals surface area contributed by atoms with Crippen LogP contribution in [-0.4, -0.2) is 49.3 Å². The van der Waals surface area contributed by atoms with Crippen LogP contribution in [0.5, 0.6) is 0 Å². The van der Waals surface area contributed by atoms with Crippen LogP contribution in [0.25, 0.3) is 0 Å². The lowest BCUT2D eigenvalue weighted by Gasteiger charge is -2.19. The van der Waals surface area contributed by atoms with Crippen molar-refractivity contribution in [3.8, 4) is 0 Å². The minimum Gasteiger partial charge on any atom is -0.462 e. The number of hydrogen-bond donors (Lipinski definition) is 2. The fraction of sp³-hybridized carbons (Fsp3) is 0.758. The fourth-order valence-electron chi connectivity index (χ4n) is 12.6. The third kappa shape index (κ3) is 85.2. The van der Waals surface area contributed by atoms with E-state index in [1.165, 1.54) is 283 Å². The van der Waals surface area contributed by atoms with Crippen molar-refractivity contribution in [1.82, 2.24) is 0 Å². The molecule has 0 heterocycles. The van der Waals surface area contributed by atoms with Crippen LogP contribution in [0, 0.1) is 0 Å². The van der Waals surface area contributed by atoms with Crippen molar-refractivity contribution in [2.24, 2.45) is 5.73 Å². The molecule has 2 atom stereocenters. The van der Waals surface area contributed by atoms with E-state index in [1.807, 2.05) is 0 Å². The van der Waals surface area contributed by atoms with E-state index in [0.717, 1.165) is 96.3 Å². The number of esters is 2. The molecule has 3 N–H and O–H groups in total. The number of ether oxygens (including phenoxy) is 2. The Balaban J connectivity index is 3.74. The van der Waals surface area contributed by atoms with Gasteiger partial charge in [0, 0.05) is 19.4 Å². The third-order valence-electron chi connectivity index (χ3n) is 18.8. The molecular weight excluding hydrogens is 1270 g/mol. The van der Waals surface area contributed by atoms with Gasteiger partial charge in [0.1, 0.15) is 6.61 Å². The quantitative estimate of drug-likeness (QED) is 0.0264. The first kappa shape index (κ1) is 97.4. The van der Waals surface area contributed by atoms with Gasteiger partial charge in [-0.3, -0.25) is 18.6 Å². The molecule has 0 aliphatic heterocycles. The highest BCUT2D eigenvalue weighted by atomic mass is 31.2. The summed E-state index contributed by atoms with van der Waals surface area (Å²) >= 11 is 0. The second-order valence-electron chi connectivity index (χ2n) is 28.6. The summed E-state index contributed by atoms with van der Waals surface area (Å²) in [7, 11) is -4.40. The van der Waals surface area contributed by atoms with Gasteiger partial charge in [-0.1, -0.05) is 418 Å². The number of allylic oxidation sites excluding steroid dienone is 20. The van der Waals surface area contributed by atoms with Crippen molar-refractivity contribution in [1.29, 1.82) is 0 Å². The topological polar surface area (TPSA) is 134 Å². The molecule has 0 amide bonds. The van der Waals surface area contributed by atoms with Crippen LogP contribution in [0.3, 0.4) is 0 Å². The minimum atomic E-state index is -4.40. The molecule has 0 bridgehead atoms. The highest BCUT2D eigenvalue weighted by Crippen LogP contribution is 2.43. The molecule has 0 aromatic rings. The van der Waals surface area contributed by atoms with Gasteiger partial charge in [-0.05, 0) is 103 Å². The van der Waals surface area contributed by atoms with E-state index < -0.39 is 26.5 Å². The van der Waals surface area contributed by atoms with E-state index in [-0.39, 0.29) is 38.6 Å². The van der Waals surface area contributed by atoms with Gasteiger partial charge in [-0.25, -0.2) is 4.57 Å². The molecule has 10 heteroatoms. The van der Waals surface area contributed by atoms with Gasteiger partial charge in [-0.15, -0.1) is 0 Å². The molecule has 0 aromatic carbocycles. The van der Waals surface area contributed by atoms with Gasteiger partial charge in [0.05, 0.1) is 13.2 Å². The van der Waals surface area contributed by atoms with E-state index in [2.05, 4.69) is 135 Å². The first-order valence-corrected chi connectivity index (χ1v) is 44.5. The Morgan fingerprint density at radius 3 is 0.762 bits per heavy atom. The number of nitrogens with two attached hydrogens (primary N) is 1. The van der Waals surface area contributed by atoms with E-state index in [9.17, 15) is 19.0 Å². The number of carbonyl (C=O) groups is 2. The van der Waals surface area contributed by atoms with Crippen LogP contribution in [-0.2, 0) is 32.7 Å². The van der Waals surface area contributed by atoms with Gasteiger partial charge in [0.15, 0.2) is 6.10 Å². The van der Waals surface area contributed by atoms with E-state index in [1.54, 1.807) is 0 Å². The number of phosphoric ester groups is 1. The summed E-state index contributed by atoms with van der Waals surface area (Å²) in [5, 5.41) is 0. The number of rotatable bonds is 81. The van der Waals surface area contributed by atoms with Gasteiger partial charge < -0.3 is 20.1 Å². The Morgan fingerprint density at radius 2 is 0.515 bits per heavy atom. The maximum atomic E-state index is 12.8. The fourth-order valence-corrected chi connectivity index (χ4v) is 13.3. The molecule has 0 saturated heterocycles. The van der Waals surface area contributed by atoms with Crippen LogP contribution in [0.4, 0.5) is 0 Å². The highest BCUT2D eigenvalue weighted by molar-refractivity contribution is 7.47. The molecule has 101 heavy (non-hydrogen) atoms. The zero-order chi connectivity index (χ0) is 72.9. The lowest BCUT2D eigenvalue weighted by Crippen LogP contribution is -2.29. The van der Waals surface area contributed by atoms with Crippen molar-refractivity contribution in [3.63, 3.8) is 0 Å². The molecule has 0 fully saturated rings. The summed E-state index contributed by atoms with van der Waals surface area (Å²) in [4.78, 5) is 35.5. The number of hydrogen-bond acceptors (Lipinski definition) is 8. The maximum absolute atomic E-state index is 12.8. The number of unbranched alkanes of at least 4 members (excludes halogenated alkanes) is 48. The number of carbonyl (C=O) groups excluding carboxylic acids is 2. The molecule has 2 unspecified atom stereocenters. The smallest absolute Gasteiger partial charge is 0.462 e. The van der Waals surface area contributed by atoms with Gasteiger partial charge in [0.2, 0.25) is 0 Å². The average Bonchev–Trinajstić information content (AvgIpc) is 1.04.